The predicted molar refractivity (Wildman–Crippen MR) is 176 cm³/mol. The molecule has 254 valence electrons. The second-order valence-electron chi connectivity index (χ2n) is 11.8. The zero-order valence-electron chi connectivity index (χ0n) is 27.2. The van der Waals surface area contributed by atoms with Crippen LogP contribution in [0.15, 0.2) is 72.8 Å². The average molecular weight is 651 g/mol. The van der Waals surface area contributed by atoms with Gasteiger partial charge in [0.25, 0.3) is 0 Å². The fourth-order valence-electron chi connectivity index (χ4n) is 6.11. The Labute approximate surface area is 276 Å². The molecule has 2 aliphatic rings. The van der Waals surface area contributed by atoms with Crippen LogP contribution in [0, 0.1) is 0 Å². The molecule has 0 radical (unpaired) electrons. The molecule has 0 aliphatic carbocycles. The Morgan fingerprint density at radius 3 is 2.43 bits per heavy atom. The first kappa shape index (κ1) is 34.5. The molecule has 1 amide bonds. The third kappa shape index (κ3) is 9.59. The minimum absolute atomic E-state index is 0.0178. The molecule has 2 N–H and O–H groups in total. The number of anilines is 1. The van der Waals surface area contributed by atoms with Gasteiger partial charge in [0.15, 0.2) is 0 Å². The van der Waals surface area contributed by atoms with Crippen LogP contribution < -0.4 is 14.4 Å². The number of ether oxygens (including phenoxy) is 6. The quantitative estimate of drug-likeness (QED) is 0.214. The van der Waals surface area contributed by atoms with Gasteiger partial charge in [0.05, 0.1) is 71.1 Å². The number of methoxy groups -OCH3 is 2. The topological polar surface area (TPSA) is 119 Å². The van der Waals surface area contributed by atoms with Crippen molar-refractivity contribution in [3.8, 4) is 11.5 Å². The third-order valence-electron chi connectivity index (χ3n) is 8.52. The van der Waals surface area contributed by atoms with Gasteiger partial charge in [0.2, 0.25) is 0 Å². The molecule has 4 atom stereocenters. The zero-order valence-corrected chi connectivity index (χ0v) is 27.2. The van der Waals surface area contributed by atoms with Crippen LogP contribution in [0.3, 0.4) is 0 Å². The largest absolute Gasteiger partial charge is 0.497 e. The van der Waals surface area contributed by atoms with Crippen LogP contribution in [0.1, 0.15) is 29.0 Å². The van der Waals surface area contributed by atoms with Crippen LogP contribution in [0.5, 0.6) is 11.5 Å². The van der Waals surface area contributed by atoms with E-state index < -0.39 is 24.4 Å². The molecule has 0 aromatic heterocycles. The highest BCUT2D eigenvalue weighted by Crippen LogP contribution is 2.36. The molecule has 1 fully saturated rings. The number of benzene rings is 3. The number of aliphatic hydroxyl groups excluding tert-OH is 1. The van der Waals surface area contributed by atoms with Crippen LogP contribution >= 0.6 is 0 Å². The number of fused-ring (bicyclic) bond motifs is 1. The molecule has 11 heteroatoms. The second-order valence-corrected chi connectivity index (χ2v) is 11.8. The molecule has 3 aromatic carbocycles. The van der Waals surface area contributed by atoms with Crippen LogP contribution in [-0.2, 0) is 32.2 Å². The van der Waals surface area contributed by atoms with Crippen molar-refractivity contribution >= 4 is 11.8 Å². The van der Waals surface area contributed by atoms with Gasteiger partial charge in [-0.2, -0.15) is 0 Å². The van der Waals surface area contributed by atoms with E-state index in [1.807, 2.05) is 66.7 Å². The summed E-state index contributed by atoms with van der Waals surface area (Å²) in [6.07, 6.45) is -2.13. The number of nitrogens with zero attached hydrogens (tertiary/aromatic N) is 2. The monoisotopic (exact) mass is 650 g/mol. The van der Waals surface area contributed by atoms with Crippen LogP contribution in [0.4, 0.5) is 10.5 Å². The summed E-state index contributed by atoms with van der Waals surface area (Å²) in [5.41, 5.74) is 3.91. The number of hydrogen-bond acceptors (Lipinski definition) is 9. The van der Waals surface area contributed by atoms with Gasteiger partial charge in [-0.15, -0.1) is 0 Å². The van der Waals surface area contributed by atoms with Crippen molar-refractivity contribution in [2.45, 2.75) is 43.9 Å². The minimum Gasteiger partial charge on any atom is -0.497 e. The van der Waals surface area contributed by atoms with Gasteiger partial charge in [0, 0.05) is 26.2 Å². The van der Waals surface area contributed by atoms with Crippen LogP contribution in [0.2, 0.25) is 0 Å². The van der Waals surface area contributed by atoms with Crippen LogP contribution in [-0.4, -0.2) is 106 Å². The Bertz CT molecular complexity index is 1390. The van der Waals surface area contributed by atoms with E-state index in [4.69, 9.17) is 28.4 Å². The van der Waals surface area contributed by atoms with E-state index in [0.29, 0.717) is 25.6 Å². The molecule has 5 rings (SSSR count). The Balaban J connectivity index is 1.30. The number of likely N-dealkylation sites (tertiary alicyclic amines) is 1. The summed E-state index contributed by atoms with van der Waals surface area (Å²) in [5.74, 6) is 1.24. The van der Waals surface area contributed by atoms with Gasteiger partial charge in [-0.1, -0.05) is 48.5 Å². The van der Waals surface area contributed by atoms with E-state index in [9.17, 15) is 15.0 Å². The summed E-state index contributed by atoms with van der Waals surface area (Å²) in [4.78, 5) is 15.9. The summed E-state index contributed by atoms with van der Waals surface area (Å²) >= 11 is 0. The van der Waals surface area contributed by atoms with E-state index in [0.717, 1.165) is 47.6 Å². The second kappa shape index (κ2) is 17.3. The molecular formula is C36H46N2O9. The molecule has 1 unspecified atom stereocenters. The van der Waals surface area contributed by atoms with Gasteiger partial charge in [0.1, 0.15) is 24.2 Å². The molecule has 2 heterocycles. The minimum atomic E-state index is -1.05. The maximum Gasteiger partial charge on any atom is 0.407 e. The third-order valence-corrected chi connectivity index (χ3v) is 8.52. The summed E-state index contributed by atoms with van der Waals surface area (Å²) in [6, 6.07) is 23.4. The van der Waals surface area contributed by atoms with Gasteiger partial charge in [-0.05, 0) is 47.4 Å². The highest BCUT2D eigenvalue weighted by molar-refractivity contribution is 5.65. The summed E-state index contributed by atoms with van der Waals surface area (Å²) in [5, 5.41) is 20.8. The normalized spacial score (nSPS) is 19.9. The van der Waals surface area contributed by atoms with E-state index in [2.05, 4.69) is 11.0 Å². The van der Waals surface area contributed by atoms with Crippen molar-refractivity contribution in [2.24, 2.45) is 0 Å². The lowest BCUT2D eigenvalue weighted by atomic mass is 9.84. The van der Waals surface area contributed by atoms with Gasteiger partial charge in [-0.25, -0.2) is 4.79 Å². The Morgan fingerprint density at radius 1 is 0.936 bits per heavy atom. The van der Waals surface area contributed by atoms with E-state index >= 15 is 0 Å². The molecule has 0 saturated carbocycles. The predicted octanol–water partition coefficient (Wildman–Crippen LogP) is 4.56. The summed E-state index contributed by atoms with van der Waals surface area (Å²) < 4.78 is 35.1. The molecular weight excluding hydrogens is 604 g/mol. The first-order valence-electron chi connectivity index (χ1n) is 16.1. The number of aliphatic hydroxyl groups is 1. The first-order valence-corrected chi connectivity index (χ1v) is 16.1. The molecule has 3 aromatic rings. The molecule has 47 heavy (non-hydrogen) atoms. The Kier molecular flexibility index (Phi) is 12.7. The number of rotatable bonds is 16. The number of amides is 1. The van der Waals surface area contributed by atoms with Crippen molar-refractivity contribution in [1.82, 2.24) is 4.90 Å². The maximum atomic E-state index is 12.3. The first-order chi connectivity index (χ1) is 22.9. The van der Waals surface area contributed by atoms with Gasteiger partial charge < -0.3 is 48.4 Å². The number of hydrogen-bond donors (Lipinski definition) is 2. The van der Waals surface area contributed by atoms with Crippen molar-refractivity contribution < 1.29 is 43.4 Å². The van der Waals surface area contributed by atoms with Crippen LogP contribution in [0.25, 0.3) is 0 Å². The average Bonchev–Trinajstić information content (AvgIpc) is 3.10. The summed E-state index contributed by atoms with van der Waals surface area (Å²) in [6.45, 7) is 3.97. The molecule has 1 saturated heterocycles. The number of carbonyl (C=O) groups is 1. The molecule has 11 nitrogen and oxygen atoms in total. The lowest BCUT2D eigenvalue weighted by Crippen LogP contribution is -2.54. The molecule has 0 bridgehead atoms. The van der Waals surface area contributed by atoms with Crippen molar-refractivity contribution in [2.75, 3.05) is 71.7 Å². The van der Waals surface area contributed by atoms with E-state index in [-0.39, 0.29) is 38.8 Å². The highest BCUT2D eigenvalue weighted by atomic mass is 16.5. The van der Waals surface area contributed by atoms with Crippen molar-refractivity contribution in [1.29, 1.82) is 0 Å². The zero-order chi connectivity index (χ0) is 33.0. The fourth-order valence-corrected chi connectivity index (χ4v) is 6.11. The lowest BCUT2D eigenvalue weighted by Gasteiger charge is -2.43. The maximum absolute atomic E-state index is 12.3. The van der Waals surface area contributed by atoms with Crippen molar-refractivity contribution in [3.05, 3.63) is 89.5 Å². The standard InChI is InChI=1S/C36H46N2O9/c1-42-17-6-15-37-16-18-45-32-14-9-27(19-31(32)37)23-46-33-20-38(36(40)41)21-34(35(33)28-10-12-30(43-2)13-11-28)47-25-29(39)24-44-22-26-7-4-3-5-8-26/h3-5,7-14,19,29,33-35,39H,6,15-18,20-25H2,1-2H3,(H,40,41)/t29?,33-,34+,35+/m0/s1. The molecule has 2 aliphatic heterocycles. The SMILES string of the molecule is COCCCN1CCOc2ccc(CO[C@H]3CN(C(=O)O)C[C@@H](OCC(O)COCc4ccccc4)[C@@H]3c3ccc(OC)cc3)cc21. The molecule has 0 spiro atoms. The summed E-state index contributed by atoms with van der Waals surface area (Å²) in [7, 11) is 3.32. The number of carboxylic acid groups (broad SMARTS) is 1. The smallest absolute Gasteiger partial charge is 0.407 e. The highest BCUT2D eigenvalue weighted by Gasteiger charge is 2.41. The number of piperidine rings is 1. The van der Waals surface area contributed by atoms with Gasteiger partial charge in [-0.3, -0.25) is 0 Å². The Hall–Kier alpha value is -3.87. The van der Waals surface area contributed by atoms with Crippen molar-refractivity contribution in [3.63, 3.8) is 0 Å². The fraction of sp³-hybridized carbons (Fsp3) is 0.472. The lowest BCUT2D eigenvalue weighted by molar-refractivity contribution is -0.110. The Morgan fingerprint density at radius 2 is 1.70 bits per heavy atom. The van der Waals surface area contributed by atoms with E-state index in [1.54, 1.807) is 14.2 Å². The van der Waals surface area contributed by atoms with E-state index in [1.165, 1.54) is 4.90 Å². The van der Waals surface area contributed by atoms with Gasteiger partial charge >= 0.3 is 6.09 Å².